The average Bonchev–Trinajstić information content (AvgIpc) is 3.33. The summed E-state index contributed by atoms with van der Waals surface area (Å²) in [7, 11) is 0. The lowest BCUT2D eigenvalue weighted by atomic mass is 10.0. The Bertz CT molecular complexity index is 918. The zero-order valence-corrected chi connectivity index (χ0v) is 17.6. The third-order valence-corrected chi connectivity index (χ3v) is 5.82. The molecule has 0 aliphatic carbocycles. The maximum Gasteiger partial charge on any atom is 0.407 e. The van der Waals surface area contributed by atoms with E-state index >= 15 is 0 Å². The summed E-state index contributed by atoms with van der Waals surface area (Å²) < 4.78 is 9.41. The van der Waals surface area contributed by atoms with Crippen molar-refractivity contribution in [1.82, 2.24) is 24.8 Å². The quantitative estimate of drug-likeness (QED) is 0.621. The fourth-order valence-corrected chi connectivity index (χ4v) is 4.13. The molecule has 0 radical (unpaired) electrons. The maximum absolute atomic E-state index is 12.2. The lowest BCUT2D eigenvalue weighted by Crippen LogP contribution is -2.43. The molecule has 1 aliphatic rings. The number of likely N-dealkylation sites (tertiary alicyclic amines) is 1. The zero-order valence-electron chi connectivity index (χ0n) is 16.7. The number of carbonyl (C=O) groups excluding carboxylic acids is 1. The standard InChI is InChI=1S/C22H25N5O2S/c28-22(24-13-17-6-8-19(9-7-17)21-16-30-26-25-21)29-15-20-5-1-2-11-27(20)14-18-4-3-10-23-12-18/h3-4,6-10,12,16,20H,1-2,5,11,13-15H2,(H,24,28). The SMILES string of the molecule is O=C(NCc1ccc(-c2csnn2)cc1)OCC1CCCCN1Cc1cccnc1. The van der Waals surface area contributed by atoms with Crippen LogP contribution in [-0.2, 0) is 17.8 Å². The van der Waals surface area contributed by atoms with E-state index in [1.807, 2.05) is 41.9 Å². The van der Waals surface area contributed by atoms with Gasteiger partial charge in [0.25, 0.3) is 0 Å². The van der Waals surface area contributed by atoms with Crippen LogP contribution in [0.2, 0.25) is 0 Å². The summed E-state index contributed by atoms with van der Waals surface area (Å²) in [4.78, 5) is 18.8. The second-order valence-electron chi connectivity index (χ2n) is 7.42. The van der Waals surface area contributed by atoms with Crippen molar-refractivity contribution in [1.29, 1.82) is 0 Å². The van der Waals surface area contributed by atoms with Crippen LogP contribution < -0.4 is 5.32 Å². The van der Waals surface area contributed by atoms with Gasteiger partial charge in [-0.05, 0) is 48.1 Å². The predicted molar refractivity (Wildman–Crippen MR) is 116 cm³/mol. The number of piperidine rings is 1. The first-order valence-electron chi connectivity index (χ1n) is 10.2. The Morgan fingerprint density at radius 3 is 2.87 bits per heavy atom. The second kappa shape index (κ2) is 10.3. The molecule has 1 atom stereocenters. The Labute approximate surface area is 180 Å². The Kier molecular flexibility index (Phi) is 6.99. The van der Waals surface area contributed by atoms with Crippen LogP contribution in [0, 0.1) is 0 Å². The fraction of sp³-hybridized carbons (Fsp3) is 0.364. The summed E-state index contributed by atoms with van der Waals surface area (Å²) in [5.74, 6) is 0. The molecule has 1 aliphatic heterocycles. The van der Waals surface area contributed by atoms with E-state index in [9.17, 15) is 4.79 Å². The molecular weight excluding hydrogens is 398 g/mol. The van der Waals surface area contributed by atoms with E-state index < -0.39 is 0 Å². The number of aromatic nitrogens is 3. The number of rotatable bonds is 7. The third kappa shape index (κ3) is 5.61. The molecule has 1 amide bonds. The Morgan fingerprint density at radius 2 is 2.10 bits per heavy atom. The maximum atomic E-state index is 12.2. The van der Waals surface area contributed by atoms with E-state index in [0.29, 0.717) is 13.2 Å². The number of pyridine rings is 1. The van der Waals surface area contributed by atoms with E-state index in [2.05, 4.69) is 30.9 Å². The minimum Gasteiger partial charge on any atom is -0.448 e. The molecular formula is C22H25N5O2S. The van der Waals surface area contributed by atoms with Crippen LogP contribution in [0.5, 0.6) is 0 Å². The van der Waals surface area contributed by atoms with Crippen LogP contribution in [0.3, 0.4) is 0 Å². The van der Waals surface area contributed by atoms with E-state index in [1.54, 1.807) is 6.20 Å². The minimum atomic E-state index is -0.380. The monoisotopic (exact) mass is 423 g/mol. The summed E-state index contributed by atoms with van der Waals surface area (Å²) in [5, 5.41) is 8.81. The van der Waals surface area contributed by atoms with Gasteiger partial charge in [0, 0.05) is 42.5 Å². The zero-order chi connectivity index (χ0) is 20.6. The van der Waals surface area contributed by atoms with Gasteiger partial charge in [-0.15, -0.1) is 5.10 Å². The molecule has 0 saturated carbocycles. The highest BCUT2D eigenvalue weighted by Crippen LogP contribution is 2.20. The molecule has 0 spiro atoms. The van der Waals surface area contributed by atoms with Crippen molar-refractivity contribution in [3.8, 4) is 11.3 Å². The molecule has 1 N–H and O–H groups in total. The van der Waals surface area contributed by atoms with Crippen LogP contribution in [-0.4, -0.2) is 44.8 Å². The van der Waals surface area contributed by atoms with Crippen LogP contribution in [0.1, 0.15) is 30.4 Å². The molecule has 30 heavy (non-hydrogen) atoms. The lowest BCUT2D eigenvalue weighted by Gasteiger charge is -2.35. The smallest absolute Gasteiger partial charge is 0.407 e. The first-order chi connectivity index (χ1) is 14.8. The van der Waals surface area contributed by atoms with Gasteiger partial charge in [0.2, 0.25) is 0 Å². The van der Waals surface area contributed by atoms with Crippen molar-refractivity contribution < 1.29 is 9.53 Å². The van der Waals surface area contributed by atoms with Crippen LogP contribution >= 0.6 is 11.5 Å². The van der Waals surface area contributed by atoms with Gasteiger partial charge in [0.15, 0.2) is 0 Å². The Balaban J connectivity index is 1.23. The third-order valence-electron chi connectivity index (χ3n) is 5.31. The van der Waals surface area contributed by atoms with Gasteiger partial charge in [-0.25, -0.2) is 4.79 Å². The van der Waals surface area contributed by atoms with Gasteiger partial charge in [0.1, 0.15) is 12.3 Å². The molecule has 0 bridgehead atoms. The molecule has 1 saturated heterocycles. The second-order valence-corrected chi connectivity index (χ2v) is 8.03. The first-order valence-corrected chi connectivity index (χ1v) is 11.0. The fourth-order valence-electron chi connectivity index (χ4n) is 3.66. The summed E-state index contributed by atoms with van der Waals surface area (Å²) in [5.41, 5.74) is 4.07. The highest BCUT2D eigenvalue weighted by atomic mass is 32.1. The van der Waals surface area contributed by atoms with Gasteiger partial charge < -0.3 is 10.1 Å². The number of hydrogen-bond acceptors (Lipinski definition) is 7. The average molecular weight is 424 g/mol. The summed E-state index contributed by atoms with van der Waals surface area (Å²) in [6.07, 6.45) is 6.69. The molecule has 1 fully saturated rings. The summed E-state index contributed by atoms with van der Waals surface area (Å²) in [6.45, 7) is 2.69. The molecule has 156 valence electrons. The number of hydrogen-bond donors (Lipinski definition) is 1. The van der Waals surface area contributed by atoms with Crippen LogP contribution in [0.4, 0.5) is 4.79 Å². The lowest BCUT2D eigenvalue weighted by molar-refractivity contribution is 0.0637. The molecule has 7 nitrogen and oxygen atoms in total. The number of alkyl carbamates (subject to hydrolysis) is 1. The van der Waals surface area contributed by atoms with Crippen LogP contribution in [0.15, 0.2) is 54.2 Å². The van der Waals surface area contributed by atoms with Gasteiger partial charge in [0.05, 0.1) is 0 Å². The molecule has 1 aromatic carbocycles. The van der Waals surface area contributed by atoms with Gasteiger partial charge >= 0.3 is 6.09 Å². The number of carbonyl (C=O) groups is 1. The van der Waals surface area contributed by atoms with Gasteiger partial charge in [-0.1, -0.05) is 41.2 Å². The van der Waals surface area contributed by atoms with Crippen molar-refractivity contribution >= 4 is 17.6 Å². The van der Waals surface area contributed by atoms with E-state index in [0.717, 1.165) is 36.3 Å². The van der Waals surface area contributed by atoms with E-state index in [4.69, 9.17) is 4.74 Å². The molecule has 3 heterocycles. The normalized spacial score (nSPS) is 16.9. The van der Waals surface area contributed by atoms with Crippen molar-refractivity contribution in [2.75, 3.05) is 13.2 Å². The van der Waals surface area contributed by atoms with Crippen molar-refractivity contribution in [2.24, 2.45) is 0 Å². The Hall–Kier alpha value is -2.84. The Morgan fingerprint density at radius 1 is 1.20 bits per heavy atom. The predicted octanol–water partition coefficient (Wildman–Crippen LogP) is 3.88. The number of amides is 1. The van der Waals surface area contributed by atoms with Crippen molar-refractivity contribution in [3.63, 3.8) is 0 Å². The molecule has 2 aromatic heterocycles. The van der Waals surface area contributed by atoms with E-state index in [1.165, 1.54) is 29.9 Å². The van der Waals surface area contributed by atoms with Gasteiger partial charge in [-0.2, -0.15) is 0 Å². The number of nitrogens with one attached hydrogen (secondary N) is 1. The topological polar surface area (TPSA) is 80.2 Å². The number of nitrogens with zero attached hydrogens (tertiary/aromatic N) is 4. The van der Waals surface area contributed by atoms with Gasteiger partial charge in [-0.3, -0.25) is 9.88 Å². The molecule has 3 aromatic rings. The van der Waals surface area contributed by atoms with E-state index in [-0.39, 0.29) is 12.1 Å². The molecule has 4 rings (SSSR count). The van der Waals surface area contributed by atoms with Crippen LogP contribution in [0.25, 0.3) is 11.3 Å². The number of benzene rings is 1. The van der Waals surface area contributed by atoms with Crippen molar-refractivity contribution in [2.45, 2.75) is 38.4 Å². The summed E-state index contributed by atoms with van der Waals surface area (Å²) >= 11 is 1.33. The largest absolute Gasteiger partial charge is 0.448 e. The summed E-state index contributed by atoms with van der Waals surface area (Å²) in [6, 6.07) is 12.2. The molecule has 1 unspecified atom stereocenters. The first kappa shape index (κ1) is 20.4. The highest BCUT2D eigenvalue weighted by Gasteiger charge is 2.23. The number of ether oxygens (including phenoxy) is 1. The highest BCUT2D eigenvalue weighted by molar-refractivity contribution is 7.03. The minimum absolute atomic E-state index is 0.246. The molecule has 8 heteroatoms. The van der Waals surface area contributed by atoms with Crippen molar-refractivity contribution in [3.05, 3.63) is 65.3 Å².